The molecule has 2 N–H and O–H groups in total. The number of nitrogens with one attached hydrogen (secondary N) is 2. The van der Waals surface area contributed by atoms with Crippen molar-refractivity contribution >= 4 is 27.3 Å². The fourth-order valence-corrected chi connectivity index (χ4v) is 4.00. The molecule has 0 aromatic carbocycles. The highest BCUT2D eigenvalue weighted by molar-refractivity contribution is 7.91. The standard InChI is InChI=1S/C13H17N5O5S2/c1-8(19)14-6-9-4-5-11(24-9)25(20,21)15-7-10-16-12(22-2)18-13(17-10)23-3/h4-5,15H,6-7H2,1-3H3,(H,14,19). The largest absolute Gasteiger partial charge is 0.467 e. The van der Waals surface area contributed by atoms with Crippen LogP contribution in [-0.2, 0) is 27.9 Å². The fraction of sp³-hybridized carbons (Fsp3) is 0.385. The molecule has 2 aromatic heterocycles. The van der Waals surface area contributed by atoms with E-state index in [1.165, 1.54) is 27.2 Å². The van der Waals surface area contributed by atoms with E-state index in [1.54, 1.807) is 6.07 Å². The van der Waals surface area contributed by atoms with Crippen LogP contribution in [0.25, 0.3) is 0 Å². The molecule has 0 saturated heterocycles. The van der Waals surface area contributed by atoms with Crippen molar-refractivity contribution in [3.05, 3.63) is 22.8 Å². The number of rotatable bonds is 8. The van der Waals surface area contributed by atoms with E-state index in [4.69, 9.17) is 9.47 Å². The molecule has 10 nitrogen and oxygen atoms in total. The molecule has 136 valence electrons. The molecular formula is C13H17N5O5S2. The van der Waals surface area contributed by atoms with Gasteiger partial charge >= 0.3 is 12.0 Å². The third-order valence-corrected chi connectivity index (χ3v) is 5.82. The van der Waals surface area contributed by atoms with E-state index >= 15 is 0 Å². The molecule has 25 heavy (non-hydrogen) atoms. The lowest BCUT2D eigenvalue weighted by molar-refractivity contribution is -0.119. The van der Waals surface area contributed by atoms with Gasteiger partial charge in [0.2, 0.25) is 15.9 Å². The Hall–Kier alpha value is -2.31. The summed E-state index contributed by atoms with van der Waals surface area (Å²) in [4.78, 5) is 23.4. The first kappa shape index (κ1) is 19.0. The van der Waals surface area contributed by atoms with Crippen molar-refractivity contribution in [1.82, 2.24) is 25.0 Å². The molecule has 0 radical (unpaired) electrons. The lowest BCUT2D eigenvalue weighted by Crippen LogP contribution is -2.24. The smallest absolute Gasteiger partial charge is 0.322 e. The highest BCUT2D eigenvalue weighted by atomic mass is 32.2. The van der Waals surface area contributed by atoms with Gasteiger partial charge < -0.3 is 14.8 Å². The molecule has 2 aromatic rings. The lowest BCUT2D eigenvalue weighted by atomic mass is 10.4. The summed E-state index contributed by atoms with van der Waals surface area (Å²) in [7, 11) is -0.982. The molecule has 0 spiro atoms. The molecule has 12 heteroatoms. The van der Waals surface area contributed by atoms with Gasteiger partial charge in [0.25, 0.3) is 0 Å². The zero-order chi connectivity index (χ0) is 18.4. The van der Waals surface area contributed by atoms with Gasteiger partial charge in [-0.25, -0.2) is 13.1 Å². The number of aromatic nitrogens is 3. The maximum Gasteiger partial charge on any atom is 0.322 e. The molecule has 0 aliphatic carbocycles. The monoisotopic (exact) mass is 387 g/mol. The Labute approximate surface area is 148 Å². The molecule has 0 unspecified atom stereocenters. The van der Waals surface area contributed by atoms with Crippen molar-refractivity contribution in [3.8, 4) is 12.0 Å². The summed E-state index contributed by atoms with van der Waals surface area (Å²) in [5.74, 6) is -0.0315. The second-order valence-corrected chi connectivity index (χ2v) is 7.84. The maximum absolute atomic E-state index is 12.3. The highest BCUT2D eigenvalue weighted by Crippen LogP contribution is 2.21. The van der Waals surface area contributed by atoms with Gasteiger partial charge in [-0.05, 0) is 12.1 Å². The molecular weight excluding hydrogens is 370 g/mol. The SMILES string of the molecule is COc1nc(CNS(=O)(=O)c2ccc(CNC(C)=O)s2)nc(OC)n1. The van der Waals surface area contributed by atoms with Gasteiger partial charge in [-0.1, -0.05) is 0 Å². The number of thiophene rings is 1. The average Bonchev–Trinajstić information content (AvgIpc) is 3.08. The second-order valence-electron chi connectivity index (χ2n) is 4.68. The van der Waals surface area contributed by atoms with Gasteiger partial charge in [0.15, 0.2) is 5.82 Å². The number of methoxy groups -OCH3 is 2. The van der Waals surface area contributed by atoms with E-state index in [-0.39, 0.29) is 41.1 Å². The number of ether oxygens (including phenoxy) is 2. The van der Waals surface area contributed by atoms with Gasteiger partial charge in [-0.3, -0.25) is 4.79 Å². The van der Waals surface area contributed by atoms with Gasteiger partial charge in [-0.2, -0.15) is 9.97 Å². The van der Waals surface area contributed by atoms with Crippen LogP contribution >= 0.6 is 11.3 Å². The Morgan fingerprint density at radius 2 is 1.76 bits per heavy atom. The first-order valence-corrected chi connectivity index (χ1v) is 9.29. The van der Waals surface area contributed by atoms with Gasteiger partial charge in [0, 0.05) is 11.8 Å². The first-order valence-electron chi connectivity index (χ1n) is 7.00. The van der Waals surface area contributed by atoms with Crippen LogP contribution in [0.1, 0.15) is 17.6 Å². The molecule has 0 saturated carbocycles. The zero-order valence-electron chi connectivity index (χ0n) is 13.8. The molecule has 2 rings (SSSR count). The minimum atomic E-state index is -3.74. The Morgan fingerprint density at radius 3 is 2.32 bits per heavy atom. The fourth-order valence-electron chi connectivity index (χ4n) is 1.68. The Balaban J connectivity index is 2.08. The van der Waals surface area contributed by atoms with Crippen LogP contribution < -0.4 is 19.5 Å². The first-order chi connectivity index (χ1) is 11.8. The van der Waals surface area contributed by atoms with Crippen LogP contribution in [0.5, 0.6) is 12.0 Å². The van der Waals surface area contributed by atoms with Gasteiger partial charge in [0.1, 0.15) is 4.21 Å². The van der Waals surface area contributed by atoms with Gasteiger partial charge in [-0.15, -0.1) is 16.3 Å². The van der Waals surface area contributed by atoms with Crippen LogP contribution in [0.4, 0.5) is 0 Å². The van der Waals surface area contributed by atoms with Crippen molar-refractivity contribution < 1.29 is 22.7 Å². The summed E-state index contributed by atoms with van der Waals surface area (Å²) in [6, 6.07) is 3.16. The van der Waals surface area contributed by atoms with E-state index in [1.807, 2.05) is 0 Å². The van der Waals surface area contributed by atoms with Crippen molar-refractivity contribution in [2.24, 2.45) is 0 Å². The topological polar surface area (TPSA) is 132 Å². The van der Waals surface area contributed by atoms with Crippen molar-refractivity contribution in [2.45, 2.75) is 24.2 Å². The minimum Gasteiger partial charge on any atom is -0.467 e. The average molecular weight is 387 g/mol. The van der Waals surface area contributed by atoms with Crippen LogP contribution in [0.15, 0.2) is 16.3 Å². The Morgan fingerprint density at radius 1 is 1.12 bits per heavy atom. The third kappa shape index (κ3) is 5.34. The van der Waals surface area contributed by atoms with E-state index < -0.39 is 10.0 Å². The predicted octanol–water partition coefficient (Wildman–Crippen LogP) is 0.0649. The van der Waals surface area contributed by atoms with E-state index in [2.05, 4.69) is 25.0 Å². The Bertz CT molecular complexity index is 830. The van der Waals surface area contributed by atoms with Crippen LogP contribution in [0, 0.1) is 0 Å². The number of hydrogen-bond acceptors (Lipinski definition) is 9. The van der Waals surface area contributed by atoms with Crippen molar-refractivity contribution in [2.75, 3.05) is 14.2 Å². The molecule has 0 atom stereocenters. The summed E-state index contributed by atoms with van der Waals surface area (Å²) < 4.78 is 37.0. The van der Waals surface area contributed by atoms with Crippen molar-refractivity contribution in [1.29, 1.82) is 0 Å². The number of sulfonamides is 1. The molecule has 2 heterocycles. The van der Waals surface area contributed by atoms with Crippen LogP contribution in [0.3, 0.4) is 0 Å². The van der Waals surface area contributed by atoms with Crippen molar-refractivity contribution in [3.63, 3.8) is 0 Å². The number of nitrogens with zero attached hydrogens (tertiary/aromatic N) is 3. The molecule has 0 bridgehead atoms. The van der Waals surface area contributed by atoms with E-state index in [9.17, 15) is 13.2 Å². The van der Waals surface area contributed by atoms with Crippen LogP contribution in [0.2, 0.25) is 0 Å². The minimum absolute atomic E-state index is 0.0229. The van der Waals surface area contributed by atoms with E-state index in [0.29, 0.717) is 0 Å². The summed E-state index contributed by atoms with van der Waals surface area (Å²) >= 11 is 1.06. The number of amides is 1. The summed E-state index contributed by atoms with van der Waals surface area (Å²) in [6.45, 7) is 1.51. The number of carbonyl (C=O) groups is 1. The Kier molecular flexibility index (Phi) is 6.22. The van der Waals surface area contributed by atoms with Gasteiger partial charge in [0.05, 0.1) is 27.3 Å². The summed E-state index contributed by atoms with van der Waals surface area (Å²) in [6.07, 6.45) is 0. The van der Waals surface area contributed by atoms with Crippen LogP contribution in [-0.4, -0.2) is 43.5 Å². The second kappa shape index (κ2) is 8.18. The quantitative estimate of drug-likeness (QED) is 0.650. The normalized spacial score (nSPS) is 11.2. The molecule has 0 fully saturated rings. The van der Waals surface area contributed by atoms with E-state index in [0.717, 1.165) is 16.2 Å². The zero-order valence-corrected chi connectivity index (χ0v) is 15.4. The number of carbonyl (C=O) groups excluding carboxylic acids is 1. The highest BCUT2D eigenvalue weighted by Gasteiger charge is 2.18. The third-order valence-electron chi connectivity index (χ3n) is 2.84. The maximum atomic E-state index is 12.3. The number of hydrogen-bond donors (Lipinski definition) is 2. The molecule has 0 aliphatic heterocycles. The lowest BCUT2D eigenvalue weighted by Gasteiger charge is -2.06. The predicted molar refractivity (Wildman–Crippen MR) is 88.8 cm³/mol. The molecule has 1 amide bonds. The summed E-state index contributed by atoms with van der Waals surface area (Å²) in [5, 5.41) is 2.61. The molecule has 0 aliphatic rings. The summed E-state index contributed by atoms with van der Waals surface area (Å²) in [5.41, 5.74) is 0.